The zero-order valence-corrected chi connectivity index (χ0v) is 16.1. The van der Waals surface area contributed by atoms with Gasteiger partial charge in [0.05, 0.1) is 18.8 Å². The van der Waals surface area contributed by atoms with Gasteiger partial charge in [-0.25, -0.2) is 9.07 Å². The van der Waals surface area contributed by atoms with Gasteiger partial charge in [0.2, 0.25) is 5.82 Å². The van der Waals surface area contributed by atoms with Crippen molar-refractivity contribution >= 4 is 0 Å². The molecule has 0 bridgehead atoms. The number of aromatic nitrogens is 5. The molecule has 0 amide bonds. The number of nitrogens with zero attached hydrogens (tertiary/aromatic N) is 5. The molecular formula is C20H13F4N5O3. The van der Waals surface area contributed by atoms with Crippen LogP contribution in [0.5, 0.6) is 5.75 Å². The summed E-state index contributed by atoms with van der Waals surface area (Å²) in [6, 6.07) is 11.1. The van der Waals surface area contributed by atoms with E-state index in [1.165, 1.54) is 24.3 Å². The van der Waals surface area contributed by atoms with Gasteiger partial charge < -0.3 is 14.0 Å². The number of rotatable bonds is 4. The zero-order chi connectivity index (χ0) is 22.3. The summed E-state index contributed by atoms with van der Waals surface area (Å²) in [6.07, 6.45) is -5.08. The smallest absolute Gasteiger partial charge is 0.406 e. The molecule has 1 aliphatic rings. The average molecular weight is 447 g/mol. The second-order valence-corrected chi connectivity index (χ2v) is 6.91. The normalized spacial score (nSPS) is 16.1. The molecule has 2 aromatic heterocycles. The van der Waals surface area contributed by atoms with Crippen LogP contribution in [-0.2, 0) is 17.9 Å². The SMILES string of the molecule is Fc1ccc([C@H]2Cn3nnc(-c4nc(-c5ccc(OC(F)(F)F)cc5)no4)c3CO2)cc1. The van der Waals surface area contributed by atoms with Gasteiger partial charge in [-0.1, -0.05) is 22.5 Å². The Hall–Kier alpha value is -3.80. The van der Waals surface area contributed by atoms with Gasteiger partial charge in [0.1, 0.15) is 17.7 Å². The summed E-state index contributed by atoms with van der Waals surface area (Å²) in [6.45, 7) is 0.543. The molecule has 0 radical (unpaired) electrons. The summed E-state index contributed by atoms with van der Waals surface area (Å²) < 4.78 is 66.7. The van der Waals surface area contributed by atoms with Crippen LogP contribution in [0.15, 0.2) is 53.1 Å². The molecule has 3 heterocycles. The maximum Gasteiger partial charge on any atom is 0.573 e. The Bertz CT molecular complexity index is 1240. The lowest BCUT2D eigenvalue weighted by molar-refractivity contribution is -0.274. The third-order valence-electron chi connectivity index (χ3n) is 4.81. The fourth-order valence-corrected chi connectivity index (χ4v) is 3.30. The Labute approximate surface area is 177 Å². The second-order valence-electron chi connectivity index (χ2n) is 6.91. The quantitative estimate of drug-likeness (QED) is 0.431. The molecule has 0 fully saturated rings. The average Bonchev–Trinajstić information content (AvgIpc) is 3.40. The van der Waals surface area contributed by atoms with Gasteiger partial charge in [-0.2, -0.15) is 4.98 Å². The van der Waals surface area contributed by atoms with E-state index in [0.29, 0.717) is 23.5 Å². The summed E-state index contributed by atoms with van der Waals surface area (Å²) in [5.41, 5.74) is 2.22. The van der Waals surface area contributed by atoms with Crippen molar-refractivity contribution in [1.29, 1.82) is 0 Å². The summed E-state index contributed by atoms with van der Waals surface area (Å²) in [5.74, 6) is -0.421. The van der Waals surface area contributed by atoms with Crippen molar-refractivity contribution in [2.24, 2.45) is 0 Å². The van der Waals surface area contributed by atoms with Crippen LogP contribution in [0.1, 0.15) is 17.4 Å². The van der Waals surface area contributed by atoms with Gasteiger partial charge in [0.15, 0.2) is 5.69 Å². The van der Waals surface area contributed by atoms with Crippen LogP contribution in [0.25, 0.3) is 23.0 Å². The minimum Gasteiger partial charge on any atom is -0.406 e. The second kappa shape index (κ2) is 7.71. The van der Waals surface area contributed by atoms with E-state index < -0.39 is 6.36 Å². The Morgan fingerprint density at radius 2 is 1.78 bits per heavy atom. The van der Waals surface area contributed by atoms with Crippen LogP contribution in [-0.4, -0.2) is 31.5 Å². The lowest BCUT2D eigenvalue weighted by Gasteiger charge is -2.24. The topological polar surface area (TPSA) is 88.1 Å². The van der Waals surface area contributed by atoms with E-state index in [4.69, 9.17) is 9.26 Å². The van der Waals surface area contributed by atoms with Crippen molar-refractivity contribution < 1.29 is 31.6 Å². The Balaban J connectivity index is 1.34. The molecule has 1 aliphatic heterocycles. The molecule has 12 heteroatoms. The highest BCUT2D eigenvalue weighted by atomic mass is 19.4. The maximum absolute atomic E-state index is 13.2. The molecule has 5 rings (SSSR count). The summed E-state index contributed by atoms with van der Waals surface area (Å²) in [4.78, 5) is 4.27. The molecule has 164 valence electrons. The molecule has 0 saturated carbocycles. The van der Waals surface area contributed by atoms with Gasteiger partial charge in [0, 0.05) is 5.56 Å². The molecule has 1 atom stereocenters. The third kappa shape index (κ3) is 4.04. The first-order valence-electron chi connectivity index (χ1n) is 9.35. The predicted octanol–water partition coefficient (Wildman–Crippen LogP) is 4.30. The van der Waals surface area contributed by atoms with E-state index in [0.717, 1.165) is 17.7 Å². The number of ether oxygens (including phenoxy) is 2. The molecule has 0 spiro atoms. The summed E-state index contributed by atoms with van der Waals surface area (Å²) in [5, 5.41) is 12.1. The number of fused-ring (bicyclic) bond motifs is 1. The highest BCUT2D eigenvalue weighted by Crippen LogP contribution is 2.31. The first-order chi connectivity index (χ1) is 15.4. The van der Waals surface area contributed by atoms with Crippen LogP contribution in [0, 0.1) is 5.82 Å². The summed E-state index contributed by atoms with van der Waals surface area (Å²) in [7, 11) is 0. The number of hydrogen-bond donors (Lipinski definition) is 0. The first kappa shape index (κ1) is 20.1. The van der Waals surface area contributed by atoms with Gasteiger partial charge in [0.25, 0.3) is 5.89 Å². The molecule has 0 aliphatic carbocycles. The molecule has 2 aromatic carbocycles. The van der Waals surface area contributed by atoms with Gasteiger partial charge in [-0.05, 0) is 42.0 Å². The summed E-state index contributed by atoms with van der Waals surface area (Å²) >= 11 is 0. The Morgan fingerprint density at radius 3 is 2.50 bits per heavy atom. The fourth-order valence-electron chi connectivity index (χ4n) is 3.30. The number of halogens is 4. The van der Waals surface area contributed by atoms with Crippen molar-refractivity contribution in [2.45, 2.75) is 25.6 Å². The first-order valence-corrected chi connectivity index (χ1v) is 9.35. The number of benzene rings is 2. The van der Waals surface area contributed by atoms with Gasteiger partial charge in [-0.15, -0.1) is 18.3 Å². The molecular weight excluding hydrogens is 434 g/mol. The van der Waals surface area contributed by atoms with E-state index in [1.807, 2.05) is 0 Å². The van der Waals surface area contributed by atoms with E-state index >= 15 is 0 Å². The Morgan fingerprint density at radius 1 is 1.03 bits per heavy atom. The van der Waals surface area contributed by atoms with E-state index in [9.17, 15) is 17.6 Å². The highest BCUT2D eigenvalue weighted by molar-refractivity contribution is 5.59. The number of alkyl halides is 3. The standard InChI is InChI=1S/C20H13F4N5O3/c21-13-5-1-11(2-6-13)16-9-29-15(10-30-16)17(26-28-29)19-25-18(27-32-19)12-3-7-14(8-4-12)31-20(22,23)24/h1-8,16H,9-10H2/t16-/m1/s1. The van der Waals surface area contributed by atoms with Crippen LogP contribution < -0.4 is 4.74 Å². The minimum absolute atomic E-state index is 0.0979. The number of hydrogen-bond acceptors (Lipinski definition) is 7. The molecule has 8 nitrogen and oxygen atoms in total. The van der Waals surface area contributed by atoms with Crippen LogP contribution in [0.3, 0.4) is 0 Å². The van der Waals surface area contributed by atoms with Crippen molar-refractivity contribution in [3.05, 3.63) is 65.6 Å². The third-order valence-corrected chi connectivity index (χ3v) is 4.81. The molecule has 0 N–H and O–H groups in total. The van der Waals surface area contributed by atoms with Crippen molar-refractivity contribution in [3.63, 3.8) is 0 Å². The minimum atomic E-state index is -4.77. The van der Waals surface area contributed by atoms with Crippen molar-refractivity contribution in [1.82, 2.24) is 25.1 Å². The largest absolute Gasteiger partial charge is 0.573 e. The van der Waals surface area contributed by atoms with Crippen LogP contribution in [0.2, 0.25) is 0 Å². The lowest BCUT2D eigenvalue weighted by Crippen LogP contribution is -2.22. The molecule has 4 aromatic rings. The van der Waals surface area contributed by atoms with E-state index in [2.05, 4.69) is 25.2 Å². The Kier molecular flexibility index (Phi) is 4.85. The van der Waals surface area contributed by atoms with E-state index in [-0.39, 0.29) is 36.0 Å². The van der Waals surface area contributed by atoms with Crippen LogP contribution in [0.4, 0.5) is 17.6 Å². The molecule has 0 saturated heterocycles. The lowest BCUT2D eigenvalue weighted by atomic mass is 10.1. The van der Waals surface area contributed by atoms with Gasteiger partial charge in [-0.3, -0.25) is 0 Å². The van der Waals surface area contributed by atoms with Crippen molar-refractivity contribution in [2.75, 3.05) is 0 Å². The highest BCUT2D eigenvalue weighted by Gasteiger charge is 2.31. The fraction of sp³-hybridized carbons (Fsp3) is 0.200. The van der Waals surface area contributed by atoms with Crippen LogP contribution >= 0.6 is 0 Å². The molecule has 32 heavy (non-hydrogen) atoms. The van der Waals surface area contributed by atoms with E-state index in [1.54, 1.807) is 16.8 Å². The molecule has 0 unspecified atom stereocenters. The predicted molar refractivity (Wildman–Crippen MR) is 99.4 cm³/mol. The zero-order valence-electron chi connectivity index (χ0n) is 16.1. The monoisotopic (exact) mass is 447 g/mol. The van der Waals surface area contributed by atoms with Crippen molar-refractivity contribution in [3.8, 4) is 28.7 Å². The maximum atomic E-state index is 13.2. The van der Waals surface area contributed by atoms with Gasteiger partial charge >= 0.3 is 6.36 Å².